The molecule has 0 radical (unpaired) electrons. The van der Waals surface area contributed by atoms with E-state index in [1.807, 2.05) is 0 Å². The van der Waals surface area contributed by atoms with Crippen molar-refractivity contribution < 1.29 is 0 Å². The second kappa shape index (κ2) is 4.69. The van der Waals surface area contributed by atoms with Gasteiger partial charge in [-0.25, -0.2) is 4.98 Å². The van der Waals surface area contributed by atoms with Crippen LogP contribution in [0.3, 0.4) is 0 Å². The van der Waals surface area contributed by atoms with Gasteiger partial charge < -0.3 is 4.57 Å². The molecule has 3 heteroatoms. The van der Waals surface area contributed by atoms with Gasteiger partial charge in [-0.3, -0.25) is 4.90 Å². The molecule has 3 nitrogen and oxygen atoms in total. The lowest BCUT2D eigenvalue weighted by Gasteiger charge is -2.27. The van der Waals surface area contributed by atoms with Crippen LogP contribution in [0.5, 0.6) is 0 Å². The van der Waals surface area contributed by atoms with Gasteiger partial charge in [0.1, 0.15) is 5.82 Å². The maximum absolute atomic E-state index is 4.94. The average Bonchev–Trinajstić information content (AvgIpc) is 2.95. The molecule has 0 N–H and O–H groups in total. The summed E-state index contributed by atoms with van der Waals surface area (Å²) >= 11 is 0. The first-order valence-corrected chi connectivity index (χ1v) is 7.50. The molecule has 0 spiro atoms. The number of rotatable bonds is 2. The van der Waals surface area contributed by atoms with E-state index >= 15 is 0 Å². The van der Waals surface area contributed by atoms with Gasteiger partial charge in [0.2, 0.25) is 0 Å². The van der Waals surface area contributed by atoms with Crippen molar-refractivity contribution in [1.29, 1.82) is 0 Å². The zero-order valence-electron chi connectivity index (χ0n) is 11.9. The van der Waals surface area contributed by atoms with Gasteiger partial charge in [0.05, 0.1) is 11.7 Å². The first kappa shape index (κ1) is 12.2. The van der Waals surface area contributed by atoms with Crippen molar-refractivity contribution in [2.24, 2.45) is 0 Å². The summed E-state index contributed by atoms with van der Waals surface area (Å²) < 4.78 is 2.43. The molecule has 1 aromatic rings. The summed E-state index contributed by atoms with van der Waals surface area (Å²) in [4.78, 5) is 7.55. The highest BCUT2D eigenvalue weighted by Gasteiger charge is 2.31. The van der Waals surface area contributed by atoms with E-state index in [0.29, 0.717) is 18.1 Å². The van der Waals surface area contributed by atoms with Crippen LogP contribution in [0.4, 0.5) is 0 Å². The predicted octanol–water partition coefficient (Wildman–Crippen LogP) is 3.33. The number of hydrogen-bond acceptors (Lipinski definition) is 2. The maximum atomic E-state index is 4.94. The molecular formula is C15H25N3. The molecule has 18 heavy (non-hydrogen) atoms. The summed E-state index contributed by atoms with van der Waals surface area (Å²) in [6.45, 7) is 8.16. The lowest BCUT2D eigenvalue weighted by molar-refractivity contribution is 0.202. The Morgan fingerprint density at radius 1 is 1.28 bits per heavy atom. The molecule has 1 aromatic heterocycles. The molecule has 100 valence electrons. The normalized spacial score (nSPS) is 28.9. The first-order chi connectivity index (χ1) is 8.66. The van der Waals surface area contributed by atoms with Crippen LogP contribution in [0.1, 0.15) is 70.1 Å². The van der Waals surface area contributed by atoms with Crippen molar-refractivity contribution in [1.82, 2.24) is 14.5 Å². The first-order valence-electron chi connectivity index (χ1n) is 7.50. The molecule has 0 aromatic carbocycles. The van der Waals surface area contributed by atoms with Crippen LogP contribution in [-0.2, 0) is 6.42 Å². The van der Waals surface area contributed by atoms with Crippen molar-refractivity contribution in [2.45, 2.75) is 71.0 Å². The third-order valence-electron chi connectivity index (χ3n) is 4.62. The summed E-state index contributed by atoms with van der Waals surface area (Å²) in [5, 5.41) is 0. The predicted molar refractivity (Wildman–Crippen MR) is 73.7 cm³/mol. The van der Waals surface area contributed by atoms with Crippen LogP contribution < -0.4 is 0 Å². The Balaban J connectivity index is 1.88. The van der Waals surface area contributed by atoms with Gasteiger partial charge in [0, 0.05) is 24.7 Å². The van der Waals surface area contributed by atoms with Gasteiger partial charge >= 0.3 is 0 Å². The highest BCUT2D eigenvalue weighted by atomic mass is 15.2. The smallest absolute Gasteiger partial charge is 0.109 e. The van der Waals surface area contributed by atoms with E-state index in [1.165, 1.54) is 50.2 Å². The second-order valence-electron chi connectivity index (χ2n) is 6.22. The van der Waals surface area contributed by atoms with Gasteiger partial charge in [-0.05, 0) is 53.0 Å². The largest absolute Gasteiger partial charge is 0.332 e. The fourth-order valence-corrected chi connectivity index (χ4v) is 3.60. The minimum Gasteiger partial charge on any atom is -0.332 e. The maximum Gasteiger partial charge on any atom is 0.109 e. The van der Waals surface area contributed by atoms with Crippen LogP contribution in [0, 0.1) is 0 Å². The molecule has 2 aliphatic rings. The minimum absolute atomic E-state index is 0.565. The third-order valence-corrected chi connectivity index (χ3v) is 4.62. The van der Waals surface area contributed by atoms with Gasteiger partial charge in [-0.1, -0.05) is 0 Å². The second-order valence-corrected chi connectivity index (χ2v) is 6.22. The molecule has 0 amide bonds. The van der Waals surface area contributed by atoms with Crippen LogP contribution in [0.25, 0.3) is 0 Å². The third kappa shape index (κ3) is 1.99. The van der Waals surface area contributed by atoms with E-state index in [2.05, 4.69) is 36.4 Å². The Kier molecular flexibility index (Phi) is 3.18. The van der Waals surface area contributed by atoms with E-state index in [-0.39, 0.29) is 0 Å². The lowest BCUT2D eigenvalue weighted by atomic mass is 10.1. The summed E-state index contributed by atoms with van der Waals surface area (Å²) in [5.41, 5.74) is 1.32. The zero-order valence-corrected chi connectivity index (χ0v) is 11.9. The standard InChI is InChI=1S/C15H25N3/c1-11(2)17-9-5-7-14(17)13-10-18-12(3)6-4-8-15(18)16-13/h10-12,14H,4-9H2,1-3H3. The van der Waals surface area contributed by atoms with Crippen molar-refractivity contribution >= 4 is 0 Å². The lowest BCUT2D eigenvalue weighted by Crippen LogP contribution is -2.30. The molecular weight excluding hydrogens is 222 g/mol. The van der Waals surface area contributed by atoms with Crippen molar-refractivity contribution in [2.75, 3.05) is 6.54 Å². The van der Waals surface area contributed by atoms with Gasteiger partial charge in [-0.15, -0.1) is 0 Å². The van der Waals surface area contributed by atoms with E-state index < -0.39 is 0 Å². The fourth-order valence-electron chi connectivity index (χ4n) is 3.60. The van der Waals surface area contributed by atoms with E-state index in [1.54, 1.807) is 0 Å². The van der Waals surface area contributed by atoms with Gasteiger partial charge in [0.15, 0.2) is 0 Å². The van der Waals surface area contributed by atoms with Crippen LogP contribution >= 0.6 is 0 Å². The SMILES string of the molecule is CC(C)N1CCCC1c1cn2c(n1)CCCC2C. The summed E-state index contributed by atoms with van der Waals surface area (Å²) in [6, 6.07) is 1.84. The van der Waals surface area contributed by atoms with E-state index in [4.69, 9.17) is 4.98 Å². The van der Waals surface area contributed by atoms with Crippen LogP contribution in [0.15, 0.2) is 6.20 Å². The minimum atomic E-state index is 0.565. The Bertz CT molecular complexity index is 421. The molecule has 1 saturated heterocycles. The topological polar surface area (TPSA) is 21.1 Å². The molecule has 3 heterocycles. The summed E-state index contributed by atoms with van der Waals surface area (Å²) in [6.07, 6.45) is 8.71. The molecule has 2 atom stereocenters. The van der Waals surface area contributed by atoms with Gasteiger partial charge in [0.25, 0.3) is 0 Å². The number of nitrogens with zero attached hydrogens (tertiary/aromatic N) is 3. The van der Waals surface area contributed by atoms with Gasteiger partial charge in [-0.2, -0.15) is 0 Å². The number of likely N-dealkylation sites (tertiary alicyclic amines) is 1. The van der Waals surface area contributed by atoms with Crippen molar-refractivity contribution in [3.8, 4) is 0 Å². The molecule has 1 fully saturated rings. The molecule has 0 bridgehead atoms. The average molecular weight is 247 g/mol. The number of hydrogen-bond donors (Lipinski definition) is 0. The van der Waals surface area contributed by atoms with Crippen LogP contribution in [-0.4, -0.2) is 27.0 Å². The highest BCUT2D eigenvalue weighted by molar-refractivity contribution is 5.13. The molecule has 0 aliphatic carbocycles. The Hall–Kier alpha value is -0.830. The fraction of sp³-hybridized carbons (Fsp3) is 0.800. The number of aromatic nitrogens is 2. The number of fused-ring (bicyclic) bond motifs is 1. The Morgan fingerprint density at radius 3 is 2.83 bits per heavy atom. The quantitative estimate of drug-likeness (QED) is 0.799. The summed E-state index contributed by atoms with van der Waals surface area (Å²) in [5.74, 6) is 1.32. The van der Waals surface area contributed by atoms with E-state index in [9.17, 15) is 0 Å². The van der Waals surface area contributed by atoms with Crippen molar-refractivity contribution in [3.05, 3.63) is 17.7 Å². The molecule has 3 rings (SSSR count). The molecule has 2 unspecified atom stereocenters. The number of imidazole rings is 1. The molecule has 0 saturated carbocycles. The van der Waals surface area contributed by atoms with E-state index in [0.717, 1.165) is 0 Å². The Morgan fingerprint density at radius 2 is 2.11 bits per heavy atom. The number of aryl methyl sites for hydroxylation is 1. The highest BCUT2D eigenvalue weighted by Crippen LogP contribution is 2.35. The summed E-state index contributed by atoms with van der Waals surface area (Å²) in [7, 11) is 0. The van der Waals surface area contributed by atoms with Crippen molar-refractivity contribution in [3.63, 3.8) is 0 Å². The molecule has 2 aliphatic heterocycles. The van der Waals surface area contributed by atoms with Crippen LogP contribution in [0.2, 0.25) is 0 Å². The Labute approximate surface area is 110 Å². The zero-order chi connectivity index (χ0) is 12.7. The monoisotopic (exact) mass is 247 g/mol.